The van der Waals surface area contributed by atoms with Gasteiger partial charge in [0.2, 0.25) is 0 Å². The van der Waals surface area contributed by atoms with Crippen LogP contribution in [0.15, 0.2) is 28.3 Å². The molecule has 0 atom stereocenters. The van der Waals surface area contributed by atoms with E-state index in [2.05, 4.69) is 19.0 Å². The van der Waals surface area contributed by atoms with Gasteiger partial charge in [0.1, 0.15) is 0 Å². The molecule has 0 aromatic heterocycles. The maximum absolute atomic E-state index is 8.73. The van der Waals surface area contributed by atoms with Crippen LogP contribution in [0.5, 0.6) is 0 Å². The van der Waals surface area contributed by atoms with Crippen molar-refractivity contribution >= 4 is 17.6 Å². The predicted octanol–water partition coefficient (Wildman–Crippen LogP) is 2.84. The molecule has 0 heterocycles. The molecular weight excluding hydrogens is 220 g/mol. The van der Waals surface area contributed by atoms with Crippen molar-refractivity contribution in [1.29, 1.82) is 0 Å². The van der Waals surface area contributed by atoms with E-state index in [9.17, 15) is 0 Å². The Morgan fingerprint density at radius 2 is 2.19 bits per heavy atom. The van der Waals surface area contributed by atoms with E-state index in [1.165, 1.54) is 0 Å². The quantitative estimate of drug-likeness (QED) is 0.279. The number of rotatable bonds is 4. The van der Waals surface area contributed by atoms with E-state index in [-0.39, 0.29) is 5.84 Å². The molecule has 0 aliphatic rings. The third kappa shape index (κ3) is 3.45. The van der Waals surface area contributed by atoms with Gasteiger partial charge in [-0.05, 0) is 25.0 Å². The zero-order valence-corrected chi connectivity index (χ0v) is 10.7. The van der Waals surface area contributed by atoms with E-state index in [0.717, 1.165) is 21.8 Å². The number of aryl methyl sites for hydroxylation is 1. The molecule has 3 nitrogen and oxygen atoms in total. The molecule has 16 heavy (non-hydrogen) atoms. The summed E-state index contributed by atoms with van der Waals surface area (Å²) in [5.41, 5.74) is 7.58. The molecule has 3 N–H and O–H groups in total. The number of oxime groups is 1. The molecule has 0 fully saturated rings. The highest BCUT2D eigenvalue weighted by atomic mass is 32.2. The van der Waals surface area contributed by atoms with Crippen molar-refractivity contribution in [3.8, 4) is 0 Å². The fourth-order valence-electron chi connectivity index (χ4n) is 1.28. The molecular formula is C12H18N2OS. The van der Waals surface area contributed by atoms with Gasteiger partial charge in [-0.2, -0.15) is 0 Å². The Balaban J connectivity index is 2.98. The van der Waals surface area contributed by atoms with Gasteiger partial charge in [0.05, 0.1) is 0 Å². The monoisotopic (exact) mass is 238 g/mol. The van der Waals surface area contributed by atoms with Crippen LogP contribution in [0.3, 0.4) is 0 Å². The summed E-state index contributed by atoms with van der Waals surface area (Å²) < 4.78 is 0. The number of benzene rings is 1. The first kappa shape index (κ1) is 12.9. The normalized spacial score (nSPS) is 12.1. The lowest BCUT2D eigenvalue weighted by Crippen LogP contribution is -2.14. The SMILES string of the molecule is Cc1ccc(SCC(C)C)c(/C(N)=N/O)c1. The fourth-order valence-corrected chi connectivity index (χ4v) is 2.28. The first-order chi connectivity index (χ1) is 7.54. The highest BCUT2D eigenvalue weighted by Gasteiger charge is 2.08. The highest BCUT2D eigenvalue weighted by Crippen LogP contribution is 2.25. The number of nitrogens with two attached hydrogens (primary N) is 1. The van der Waals surface area contributed by atoms with Crippen LogP contribution in [0.1, 0.15) is 25.0 Å². The molecule has 0 saturated carbocycles. The van der Waals surface area contributed by atoms with Crippen molar-refractivity contribution in [2.75, 3.05) is 5.75 Å². The first-order valence-electron chi connectivity index (χ1n) is 5.26. The van der Waals surface area contributed by atoms with Crippen molar-refractivity contribution < 1.29 is 5.21 Å². The summed E-state index contributed by atoms with van der Waals surface area (Å²) in [5.74, 6) is 1.82. The molecule has 0 bridgehead atoms. The largest absolute Gasteiger partial charge is 0.409 e. The molecule has 0 aliphatic heterocycles. The summed E-state index contributed by atoms with van der Waals surface area (Å²) in [6.07, 6.45) is 0. The van der Waals surface area contributed by atoms with Crippen molar-refractivity contribution in [1.82, 2.24) is 0 Å². The third-order valence-corrected chi connectivity index (χ3v) is 3.59. The van der Waals surface area contributed by atoms with Crippen LogP contribution in [0, 0.1) is 12.8 Å². The molecule has 0 saturated heterocycles. The van der Waals surface area contributed by atoms with Crippen molar-refractivity contribution in [3.63, 3.8) is 0 Å². The Bertz CT molecular complexity index is 389. The fraction of sp³-hybridized carbons (Fsp3) is 0.417. The summed E-state index contributed by atoms with van der Waals surface area (Å²) in [4.78, 5) is 1.06. The van der Waals surface area contributed by atoms with Crippen LogP contribution in [-0.4, -0.2) is 16.8 Å². The molecule has 4 heteroatoms. The summed E-state index contributed by atoms with van der Waals surface area (Å²) >= 11 is 1.74. The molecule has 0 unspecified atom stereocenters. The zero-order valence-electron chi connectivity index (χ0n) is 9.90. The second-order valence-electron chi connectivity index (χ2n) is 4.19. The van der Waals surface area contributed by atoms with Gasteiger partial charge >= 0.3 is 0 Å². The van der Waals surface area contributed by atoms with Crippen LogP contribution < -0.4 is 5.73 Å². The Morgan fingerprint density at radius 1 is 1.50 bits per heavy atom. The van der Waals surface area contributed by atoms with Crippen molar-refractivity contribution in [2.45, 2.75) is 25.7 Å². The van der Waals surface area contributed by atoms with E-state index in [4.69, 9.17) is 10.9 Å². The van der Waals surface area contributed by atoms with E-state index in [1.807, 2.05) is 25.1 Å². The van der Waals surface area contributed by atoms with E-state index in [1.54, 1.807) is 11.8 Å². The smallest absolute Gasteiger partial charge is 0.171 e. The van der Waals surface area contributed by atoms with Crippen LogP contribution in [0.2, 0.25) is 0 Å². The van der Waals surface area contributed by atoms with Crippen LogP contribution in [0.25, 0.3) is 0 Å². The zero-order chi connectivity index (χ0) is 12.1. The van der Waals surface area contributed by atoms with Gasteiger partial charge < -0.3 is 10.9 Å². The average Bonchev–Trinajstić information content (AvgIpc) is 2.26. The summed E-state index contributed by atoms with van der Waals surface area (Å²) in [6, 6.07) is 6.00. The lowest BCUT2D eigenvalue weighted by molar-refractivity contribution is 0.318. The van der Waals surface area contributed by atoms with Gasteiger partial charge in [-0.3, -0.25) is 0 Å². The predicted molar refractivity (Wildman–Crippen MR) is 69.3 cm³/mol. The van der Waals surface area contributed by atoms with E-state index >= 15 is 0 Å². The van der Waals surface area contributed by atoms with Crippen LogP contribution >= 0.6 is 11.8 Å². The molecule has 0 aliphatic carbocycles. The molecule has 88 valence electrons. The van der Waals surface area contributed by atoms with Crippen LogP contribution in [-0.2, 0) is 0 Å². The standard InChI is InChI=1S/C12H18N2OS/c1-8(2)7-16-11-5-4-9(3)6-10(11)12(13)14-15/h4-6,8,15H,7H2,1-3H3,(H2,13,14). The van der Waals surface area contributed by atoms with Crippen LogP contribution in [0.4, 0.5) is 0 Å². The molecule has 1 rings (SSSR count). The summed E-state index contributed by atoms with van der Waals surface area (Å²) in [5, 5.41) is 11.8. The Labute approximate surface area is 101 Å². The lowest BCUT2D eigenvalue weighted by atomic mass is 10.1. The average molecular weight is 238 g/mol. The minimum atomic E-state index is 0.176. The maximum Gasteiger partial charge on any atom is 0.171 e. The van der Waals surface area contributed by atoms with E-state index in [0.29, 0.717) is 5.92 Å². The topological polar surface area (TPSA) is 58.6 Å². The Morgan fingerprint density at radius 3 is 2.75 bits per heavy atom. The van der Waals surface area contributed by atoms with Gasteiger partial charge in [0, 0.05) is 16.2 Å². The van der Waals surface area contributed by atoms with Gasteiger partial charge in [-0.1, -0.05) is 30.6 Å². The number of amidine groups is 1. The first-order valence-corrected chi connectivity index (χ1v) is 6.24. The summed E-state index contributed by atoms with van der Waals surface area (Å²) in [7, 11) is 0. The van der Waals surface area contributed by atoms with Crippen molar-refractivity contribution in [2.24, 2.45) is 16.8 Å². The van der Waals surface area contributed by atoms with Gasteiger partial charge in [-0.25, -0.2) is 0 Å². The van der Waals surface area contributed by atoms with Gasteiger partial charge in [0.15, 0.2) is 5.84 Å². The molecule has 0 spiro atoms. The molecule has 0 amide bonds. The Kier molecular flexibility index (Phi) is 4.68. The lowest BCUT2D eigenvalue weighted by Gasteiger charge is -2.10. The van der Waals surface area contributed by atoms with E-state index < -0.39 is 0 Å². The minimum Gasteiger partial charge on any atom is -0.409 e. The molecule has 0 radical (unpaired) electrons. The molecule has 1 aromatic rings. The molecule has 1 aromatic carbocycles. The number of thioether (sulfide) groups is 1. The van der Waals surface area contributed by atoms with Gasteiger partial charge in [-0.15, -0.1) is 11.8 Å². The maximum atomic E-state index is 8.73. The second kappa shape index (κ2) is 5.80. The number of hydrogen-bond acceptors (Lipinski definition) is 3. The second-order valence-corrected chi connectivity index (χ2v) is 5.25. The third-order valence-electron chi connectivity index (χ3n) is 2.09. The Hall–Kier alpha value is -1.16. The minimum absolute atomic E-state index is 0.176. The number of nitrogens with zero attached hydrogens (tertiary/aromatic N) is 1. The van der Waals surface area contributed by atoms with Gasteiger partial charge in [0.25, 0.3) is 0 Å². The number of hydrogen-bond donors (Lipinski definition) is 2. The highest BCUT2D eigenvalue weighted by molar-refractivity contribution is 7.99. The summed E-state index contributed by atoms with van der Waals surface area (Å²) in [6.45, 7) is 6.33. The van der Waals surface area contributed by atoms with Crippen molar-refractivity contribution in [3.05, 3.63) is 29.3 Å².